The van der Waals surface area contributed by atoms with Gasteiger partial charge in [0, 0.05) is 45.0 Å². The summed E-state index contributed by atoms with van der Waals surface area (Å²) in [5.41, 5.74) is 0.587. The summed E-state index contributed by atoms with van der Waals surface area (Å²) in [6, 6.07) is 0. The molecule has 2 aliphatic rings. The van der Waals surface area contributed by atoms with Crippen LogP contribution in [0.3, 0.4) is 0 Å². The molecular weight excluding hydrogens is 399 g/mol. The average molecular weight is 421 g/mol. The molecule has 4 rings (SSSR count). The molecule has 2 fully saturated rings. The molecule has 1 aliphatic heterocycles. The van der Waals surface area contributed by atoms with E-state index in [4.69, 9.17) is 0 Å². The van der Waals surface area contributed by atoms with Crippen molar-refractivity contribution in [3.05, 3.63) is 34.7 Å². The van der Waals surface area contributed by atoms with Crippen molar-refractivity contribution in [1.82, 2.24) is 19.9 Å². The van der Waals surface area contributed by atoms with Gasteiger partial charge >= 0.3 is 0 Å². The van der Waals surface area contributed by atoms with Crippen molar-refractivity contribution in [2.45, 2.75) is 31.6 Å². The summed E-state index contributed by atoms with van der Waals surface area (Å²) in [6.45, 7) is 2.63. The summed E-state index contributed by atoms with van der Waals surface area (Å²) in [6.07, 6.45) is 9.18. The first-order valence-corrected chi connectivity index (χ1v) is 9.85. The fraction of sp³-hybridized carbons (Fsp3) is 0.556. The van der Waals surface area contributed by atoms with Gasteiger partial charge < -0.3 is 9.80 Å². The molecule has 138 valence electrons. The molecule has 0 radical (unpaired) electrons. The molecule has 3 heterocycles. The summed E-state index contributed by atoms with van der Waals surface area (Å²) in [7, 11) is 1.92. The van der Waals surface area contributed by atoms with Gasteiger partial charge in [0.25, 0.3) is 0 Å². The summed E-state index contributed by atoms with van der Waals surface area (Å²) in [5, 5.41) is 0. The first kappa shape index (κ1) is 17.6. The van der Waals surface area contributed by atoms with Gasteiger partial charge in [-0.3, -0.25) is 0 Å². The van der Waals surface area contributed by atoms with Crippen molar-refractivity contribution in [2.24, 2.45) is 5.92 Å². The molecule has 6 nitrogen and oxygen atoms in total. The second-order valence-electron chi connectivity index (χ2n) is 7.18. The molecule has 0 atom stereocenters. The third-order valence-electron chi connectivity index (χ3n) is 5.16. The van der Waals surface area contributed by atoms with Crippen LogP contribution in [0.15, 0.2) is 23.2 Å². The van der Waals surface area contributed by atoms with Crippen molar-refractivity contribution in [2.75, 3.05) is 36.5 Å². The van der Waals surface area contributed by atoms with E-state index >= 15 is 0 Å². The van der Waals surface area contributed by atoms with E-state index in [-0.39, 0.29) is 5.82 Å². The van der Waals surface area contributed by atoms with E-state index in [9.17, 15) is 4.39 Å². The van der Waals surface area contributed by atoms with E-state index in [1.165, 1.54) is 6.33 Å². The minimum absolute atomic E-state index is 0.238. The van der Waals surface area contributed by atoms with Gasteiger partial charge in [0.05, 0.1) is 10.2 Å². The Morgan fingerprint density at radius 2 is 1.81 bits per heavy atom. The Morgan fingerprint density at radius 1 is 1.12 bits per heavy atom. The van der Waals surface area contributed by atoms with Gasteiger partial charge in [-0.15, -0.1) is 0 Å². The van der Waals surface area contributed by atoms with Crippen LogP contribution >= 0.6 is 15.9 Å². The fourth-order valence-corrected chi connectivity index (χ4v) is 3.74. The number of hydrogen-bond acceptors (Lipinski definition) is 6. The average Bonchev–Trinajstić information content (AvgIpc) is 3.48. The van der Waals surface area contributed by atoms with Gasteiger partial charge in [0.1, 0.15) is 6.33 Å². The van der Waals surface area contributed by atoms with Gasteiger partial charge in [-0.1, -0.05) is 0 Å². The standard InChI is InChI=1S/C18H22BrFN6/c1-25(17-15(20)16(13-2-3-13)23-11-24-17)10-12-4-6-26(7-5-12)18-21-8-14(19)9-22-18/h8-9,11-13H,2-7,10H2,1H3. The molecule has 0 amide bonds. The molecule has 2 aromatic rings. The van der Waals surface area contributed by atoms with Crippen molar-refractivity contribution >= 4 is 27.7 Å². The predicted molar refractivity (Wildman–Crippen MR) is 102 cm³/mol. The number of halogens is 2. The molecule has 8 heteroatoms. The van der Waals surface area contributed by atoms with E-state index in [1.54, 1.807) is 12.4 Å². The van der Waals surface area contributed by atoms with Crippen LogP contribution in [0.4, 0.5) is 16.2 Å². The van der Waals surface area contributed by atoms with Crippen molar-refractivity contribution in [1.29, 1.82) is 0 Å². The zero-order valence-electron chi connectivity index (χ0n) is 14.8. The lowest BCUT2D eigenvalue weighted by Crippen LogP contribution is -2.39. The maximum absolute atomic E-state index is 14.7. The Balaban J connectivity index is 1.35. The van der Waals surface area contributed by atoms with E-state index < -0.39 is 0 Å². The van der Waals surface area contributed by atoms with Gasteiger partial charge in [0.15, 0.2) is 11.6 Å². The van der Waals surface area contributed by atoms with Crippen LogP contribution in [0, 0.1) is 11.7 Å². The van der Waals surface area contributed by atoms with Crippen molar-refractivity contribution < 1.29 is 4.39 Å². The van der Waals surface area contributed by atoms with Gasteiger partial charge in [-0.2, -0.15) is 0 Å². The normalized spacial score (nSPS) is 18.2. The van der Waals surface area contributed by atoms with Crippen molar-refractivity contribution in [3.8, 4) is 0 Å². The third-order valence-corrected chi connectivity index (χ3v) is 5.57. The number of hydrogen-bond donors (Lipinski definition) is 0. The van der Waals surface area contributed by atoms with Crippen LogP contribution in [-0.4, -0.2) is 46.6 Å². The second-order valence-corrected chi connectivity index (χ2v) is 8.10. The van der Waals surface area contributed by atoms with Crippen LogP contribution in [0.5, 0.6) is 0 Å². The highest BCUT2D eigenvalue weighted by Crippen LogP contribution is 2.41. The number of nitrogens with zero attached hydrogens (tertiary/aromatic N) is 6. The lowest BCUT2D eigenvalue weighted by atomic mass is 9.96. The van der Waals surface area contributed by atoms with E-state index in [2.05, 4.69) is 40.8 Å². The quantitative estimate of drug-likeness (QED) is 0.738. The van der Waals surface area contributed by atoms with Gasteiger partial charge in [0.2, 0.25) is 5.95 Å². The Labute approximate surface area is 161 Å². The minimum atomic E-state index is -0.238. The number of rotatable bonds is 5. The van der Waals surface area contributed by atoms with Crippen LogP contribution in [0.25, 0.3) is 0 Å². The van der Waals surface area contributed by atoms with Crippen LogP contribution < -0.4 is 9.80 Å². The van der Waals surface area contributed by atoms with E-state index in [1.807, 2.05) is 11.9 Å². The smallest absolute Gasteiger partial charge is 0.225 e. The summed E-state index contributed by atoms with van der Waals surface area (Å²) < 4.78 is 15.6. The molecule has 0 N–H and O–H groups in total. The summed E-state index contributed by atoms with van der Waals surface area (Å²) in [4.78, 5) is 21.2. The first-order chi connectivity index (χ1) is 12.6. The molecule has 0 spiro atoms. The number of anilines is 2. The zero-order chi connectivity index (χ0) is 18.1. The highest BCUT2D eigenvalue weighted by Gasteiger charge is 2.31. The zero-order valence-corrected chi connectivity index (χ0v) is 16.4. The number of aromatic nitrogens is 4. The minimum Gasteiger partial charge on any atom is -0.357 e. The molecule has 0 unspecified atom stereocenters. The molecule has 2 aromatic heterocycles. The molecule has 1 saturated heterocycles. The van der Waals surface area contributed by atoms with Crippen LogP contribution in [0.2, 0.25) is 0 Å². The third kappa shape index (κ3) is 3.79. The Hall–Kier alpha value is -1.83. The lowest BCUT2D eigenvalue weighted by Gasteiger charge is -2.34. The second kappa shape index (κ2) is 7.42. The fourth-order valence-electron chi connectivity index (χ4n) is 3.54. The number of piperidine rings is 1. The molecule has 0 aromatic carbocycles. The maximum Gasteiger partial charge on any atom is 0.225 e. The Morgan fingerprint density at radius 3 is 2.46 bits per heavy atom. The van der Waals surface area contributed by atoms with Gasteiger partial charge in [-0.25, -0.2) is 24.3 Å². The SMILES string of the molecule is CN(CC1CCN(c2ncc(Br)cn2)CC1)c1ncnc(C2CC2)c1F. The van der Waals surface area contributed by atoms with E-state index in [0.717, 1.165) is 55.7 Å². The molecule has 1 aliphatic carbocycles. The monoisotopic (exact) mass is 420 g/mol. The lowest BCUT2D eigenvalue weighted by molar-refractivity contribution is 0.403. The molecule has 0 bridgehead atoms. The molecule has 26 heavy (non-hydrogen) atoms. The highest BCUT2D eigenvalue weighted by molar-refractivity contribution is 9.10. The summed E-state index contributed by atoms with van der Waals surface area (Å²) >= 11 is 3.36. The molecule has 1 saturated carbocycles. The Bertz CT molecular complexity index is 759. The largest absolute Gasteiger partial charge is 0.357 e. The van der Waals surface area contributed by atoms with Gasteiger partial charge in [-0.05, 0) is 47.5 Å². The topological polar surface area (TPSA) is 58.0 Å². The Kier molecular flexibility index (Phi) is 5.02. The van der Waals surface area contributed by atoms with Crippen LogP contribution in [-0.2, 0) is 0 Å². The first-order valence-electron chi connectivity index (χ1n) is 9.06. The maximum atomic E-state index is 14.7. The highest BCUT2D eigenvalue weighted by atomic mass is 79.9. The summed E-state index contributed by atoms with van der Waals surface area (Å²) in [5.74, 6) is 1.76. The predicted octanol–water partition coefficient (Wildman–Crippen LogP) is 3.40. The molecular formula is C18H22BrFN6. The van der Waals surface area contributed by atoms with E-state index in [0.29, 0.717) is 23.3 Å². The van der Waals surface area contributed by atoms with Crippen molar-refractivity contribution in [3.63, 3.8) is 0 Å². The van der Waals surface area contributed by atoms with Crippen LogP contribution in [0.1, 0.15) is 37.3 Å².